The van der Waals surface area contributed by atoms with E-state index in [9.17, 15) is 14.9 Å². The number of amides is 1. The van der Waals surface area contributed by atoms with E-state index in [1.54, 1.807) is 34.6 Å². The van der Waals surface area contributed by atoms with E-state index in [-0.39, 0.29) is 5.69 Å². The van der Waals surface area contributed by atoms with Crippen molar-refractivity contribution in [1.29, 1.82) is 0 Å². The van der Waals surface area contributed by atoms with Crippen LogP contribution in [-0.2, 0) is 4.74 Å². The van der Waals surface area contributed by atoms with Gasteiger partial charge in [0.05, 0.1) is 10.6 Å². The molecule has 0 aliphatic carbocycles. The van der Waals surface area contributed by atoms with Gasteiger partial charge in [-0.2, -0.15) is 0 Å². The van der Waals surface area contributed by atoms with Crippen LogP contribution in [0.2, 0.25) is 0 Å². The molecule has 0 fully saturated rings. The lowest BCUT2D eigenvalue weighted by atomic mass is 10.1. The first-order valence-corrected chi connectivity index (χ1v) is 5.86. The Bertz CT molecular complexity index is 495. The monoisotopic (exact) mass is 266 g/mol. The number of nitrogens with zero attached hydrogens (tertiary/aromatic N) is 1. The summed E-state index contributed by atoms with van der Waals surface area (Å²) in [6, 6.07) is 2.83. The van der Waals surface area contributed by atoms with Gasteiger partial charge in [-0.15, -0.1) is 0 Å². The van der Waals surface area contributed by atoms with E-state index in [1.165, 1.54) is 12.1 Å². The molecular formula is C13H18N2O4. The van der Waals surface area contributed by atoms with Crippen LogP contribution in [0.3, 0.4) is 0 Å². The number of nitrogens with one attached hydrogen (secondary N) is 1. The summed E-state index contributed by atoms with van der Waals surface area (Å²) in [4.78, 5) is 21.9. The standard InChI is InChI=1S/C13H18N2O4/c1-8-6-10(15(17)18)7-9(2)11(8)14-12(16)19-13(3,4)5/h6-7H,1-5H3,(H,14,16). The van der Waals surface area contributed by atoms with E-state index in [0.29, 0.717) is 16.8 Å². The third-order valence-corrected chi connectivity index (χ3v) is 2.35. The predicted molar refractivity (Wildman–Crippen MR) is 72.4 cm³/mol. The fourth-order valence-corrected chi connectivity index (χ4v) is 1.65. The number of benzene rings is 1. The normalized spacial score (nSPS) is 11.0. The Morgan fingerprint density at radius 2 is 1.74 bits per heavy atom. The molecule has 0 aliphatic heterocycles. The second-order valence-corrected chi connectivity index (χ2v) is 5.34. The maximum atomic E-state index is 11.7. The van der Waals surface area contributed by atoms with Crippen LogP contribution in [0, 0.1) is 24.0 Å². The largest absolute Gasteiger partial charge is 0.444 e. The Morgan fingerprint density at radius 1 is 1.26 bits per heavy atom. The molecule has 1 aromatic carbocycles. The van der Waals surface area contributed by atoms with Gasteiger partial charge in [0.25, 0.3) is 5.69 Å². The number of hydrogen-bond acceptors (Lipinski definition) is 4. The van der Waals surface area contributed by atoms with Gasteiger partial charge in [-0.05, 0) is 45.7 Å². The third kappa shape index (κ3) is 4.24. The van der Waals surface area contributed by atoms with Crippen molar-refractivity contribution in [2.75, 3.05) is 5.32 Å². The third-order valence-electron chi connectivity index (χ3n) is 2.35. The van der Waals surface area contributed by atoms with Crippen molar-refractivity contribution in [1.82, 2.24) is 0 Å². The zero-order valence-electron chi connectivity index (χ0n) is 11.7. The highest BCUT2D eigenvalue weighted by molar-refractivity contribution is 5.87. The number of carbonyl (C=O) groups is 1. The minimum Gasteiger partial charge on any atom is -0.444 e. The zero-order valence-corrected chi connectivity index (χ0v) is 11.7. The van der Waals surface area contributed by atoms with Crippen LogP contribution < -0.4 is 5.32 Å². The lowest BCUT2D eigenvalue weighted by Gasteiger charge is -2.20. The molecule has 0 bridgehead atoms. The van der Waals surface area contributed by atoms with Gasteiger partial charge in [0.15, 0.2) is 0 Å². The Kier molecular flexibility index (Phi) is 4.14. The number of nitro benzene ring substituents is 1. The molecule has 1 rings (SSSR count). The molecule has 19 heavy (non-hydrogen) atoms. The van der Waals surface area contributed by atoms with Crippen LogP contribution >= 0.6 is 0 Å². The van der Waals surface area contributed by atoms with E-state index in [1.807, 2.05) is 0 Å². The second-order valence-electron chi connectivity index (χ2n) is 5.34. The maximum absolute atomic E-state index is 11.7. The van der Waals surface area contributed by atoms with Crippen LogP contribution in [0.1, 0.15) is 31.9 Å². The van der Waals surface area contributed by atoms with Crippen molar-refractivity contribution in [3.05, 3.63) is 33.4 Å². The number of rotatable bonds is 2. The van der Waals surface area contributed by atoms with Crippen molar-refractivity contribution < 1.29 is 14.5 Å². The molecule has 0 aromatic heterocycles. The quantitative estimate of drug-likeness (QED) is 0.655. The summed E-state index contributed by atoms with van der Waals surface area (Å²) in [5.41, 5.74) is 1.20. The summed E-state index contributed by atoms with van der Waals surface area (Å²) in [7, 11) is 0. The molecule has 0 saturated heterocycles. The Labute approximate surface area is 111 Å². The minimum atomic E-state index is -0.591. The molecular weight excluding hydrogens is 248 g/mol. The van der Waals surface area contributed by atoms with Gasteiger partial charge in [-0.25, -0.2) is 4.79 Å². The molecule has 104 valence electrons. The van der Waals surface area contributed by atoms with Crippen LogP contribution in [0.4, 0.5) is 16.2 Å². The van der Waals surface area contributed by atoms with Gasteiger partial charge >= 0.3 is 6.09 Å². The van der Waals surface area contributed by atoms with E-state index < -0.39 is 16.6 Å². The fourth-order valence-electron chi connectivity index (χ4n) is 1.65. The number of carbonyl (C=O) groups excluding carboxylic acids is 1. The first-order valence-electron chi connectivity index (χ1n) is 5.86. The Hall–Kier alpha value is -2.11. The molecule has 6 heteroatoms. The summed E-state index contributed by atoms with van der Waals surface area (Å²) >= 11 is 0. The molecule has 0 heterocycles. The summed E-state index contributed by atoms with van der Waals surface area (Å²) in [5.74, 6) is 0. The zero-order chi connectivity index (χ0) is 14.8. The minimum absolute atomic E-state index is 0.00439. The predicted octanol–water partition coefficient (Wildman–Crippen LogP) is 3.56. The van der Waals surface area contributed by atoms with Crippen molar-refractivity contribution in [3.63, 3.8) is 0 Å². The fraction of sp³-hybridized carbons (Fsp3) is 0.462. The number of ether oxygens (including phenoxy) is 1. The first-order chi connectivity index (χ1) is 8.60. The number of anilines is 1. The topological polar surface area (TPSA) is 81.5 Å². The average molecular weight is 266 g/mol. The number of non-ortho nitro benzene ring substituents is 1. The molecule has 6 nitrogen and oxygen atoms in total. The van der Waals surface area contributed by atoms with E-state index in [4.69, 9.17) is 4.74 Å². The Morgan fingerprint density at radius 3 is 2.11 bits per heavy atom. The van der Waals surface area contributed by atoms with Gasteiger partial charge in [-0.3, -0.25) is 15.4 Å². The molecule has 1 amide bonds. The highest BCUT2D eigenvalue weighted by atomic mass is 16.6. The molecule has 0 radical (unpaired) electrons. The molecule has 0 atom stereocenters. The van der Waals surface area contributed by atoms with Crippen molar-refractivity contribution in [3.8, 4) is 0 Å². The average Bonchev–Trinajstić information content (AvgIpc) is 2.20. The summed E-state index contributed by atoms with van der Waals surface area (Å²) in [5, 5.41) is 13.3. The number of hydrogen-bond donors (Lipinski definition) is 1. The SMILES string of the molecule is Cc1cc([N+](=O)[O-])cc(C)c1NC(=O)OC(C)(C)C. The summed E-state index contributed by atoms with van der Waals surface area (Å²) in [6.07, 6.45) is -0.576. The lowest BCUT2D eigenvalue weighted by molar-refractivity contribution is -0.384. The number of nitro groups is 1. The van der Waals surface area contributed by atoms with Crippen LogP contribution in [-0.4, -0.2) is 16.6 Å². The smallest absolute Gasteiger partial charge is 0.412 e. The maximum Gasteiger partial charge on any atom is 0.412 e. The van der Waals surface area contributed by atoms with Crippen LogP contribution in [0.25, 0.3) is 0 Å². The molecule has 0 saturated carbocycles. The van der Waals surface area contributed by atoms with Crippen molar-refractivity contribution in [2.45, 2.75) is 40.2 Å². The van der Waals surface area contributed by atoms with Crippen molar-refractivity contribution in [2.24, 2.45) is 0 Å². The van der Waals surface area contributed by atoms with E-state index >= 15 is 0 Å². The summed E-state index contributed by atoms with van der Waals surface area (Å²) < 4.78 is 5.15. The summed E-state index contributed by atoms with van der Waals surface area (Å²) in [6.45, 7) is 8.70. The first kappa shape index (κ1) is 14.9. The van der Waals surface area contributed by atoms with Gasteiger partial charge < -0.3 is 4.74 Å². The van der Waals surface area contributed by atoms with Gasteiger partial charge in [-0.1, -0.05) is 0 Å². The lowest BCUT2D eigenvalue weighted by Crippen LogP contribution is -2.27. The van der Waals surface area contributed by atoms with Crippen LogP contribution in [0.5, 0.6) is 0 Å². The van der Waals surface area contributed by atoms with Gasteiger partial charge in [0.1, 0.15) is 5.60 Å². The Balaban J connectivity index is 2.97. The molecule has 0 unspecified atom stereocenters. The van der Waals surface area contributed by atoms with Gasteiger partial charge in [0.2, 0.25) is 0 Å². The highest BCUT2D eigenvalue weighted by Crippen LogP contribution is 2.26. The molecule has 1 N–H and O–H groups in total. The second kappa shape index (κ2) is 5.26. The van der Waals surface area contributed by atoms with E-state index in [2.05, 4.69) is 5.32 Å². The van der Waals surface area contributed by atoms with E-state index in [0.717, 1.165) is 0 Å². The van der Waals surface area contributed by atoms with Gasteiger partial charge in [0, 0.05) is 12.1 Å². The highest BCUT2D eigenvalue weighted by Gasteiger charge is 2.19. The van der Waals surface area contributed by atoms with Crippen LogP contribution in [0.15, 0.2) is 12.1 Å². The molecule has 1 aromatic rings. The van der Waals surface area contributed by atoms with Crippen molar-refractivity contribution >= 4 is 17.5 Å². The molecule has 0 aliphatic rings. The number of aryl methyl sites for hydroxylation is 2. The molecule has 0 spiro atoms.